The largest absolute Gasteiger partial charge is 0.394 e. The van der Waals surface area contributed by atoms with Gasteiger partial charge in [-0.05, 0) is 38.3 Å². The summed E-state index contributed by atoms with van der Waals surface area (Å²) in [6.07, 6.45) is 5.03. The number of carbonyl (C=O) groups is 1. The molecule has 0 bridgehead atoms. The predicted octanol–water partition coefficient (Wildman–Crippen LogP) is 2.58. The lowest BCUT2D eigenvalue weighted by Crippen LogP contribution is -2.49. The highest BCUT2D eigenvalue weighted by Gasteiger charge is 2.47. The van der Waals surface area contributed by atoms with Gasteiger partial charge < -0.3 is 10.4 Å². The van der Waals surface area contributed by atoms with E-state index in [-0.39, 0.29) is 24.0 Å². The van der Waals surface area contributed by atoms with Gasteiger partial charge in [-0.3, -0.25) is 4.79 Å². The van der Waals surface area contributed by atoms with Crippen molar-refractivity contribution in [2.45, 2.75) is 50.5 Å². The van der Waals surface area contributed by atoms with E-state index >= 15 is 0 Å². The summed E-state index contributed by atoms with van der Waals surface area (Å²) in [7, 11) is 0. The lowest BCUT2D eigenvalue weighted by atomic mass is 9.98. The average molecular weight is 279 g/mol. The molecule has 2 aliphatic carbocycles. The maximum absolute atomic E-state index is 12.3. The summed E-state index contributed by atoms with van der Waals surface area (Å²) >= 11 is 1.80. The molecule has 1 aromatic heterocycles. The average Bonchev–Trinajstić information content (AvgIpc) is 2.87. The molecule has 0 radical (unpaired) electrons. The third-order valence-corrected chi connectivity index (χ3v) is 5.64. The van der Waals surface area contributed by atoms with E-state index in [2.05, 4.69) is 24.4 Å². The fourth-order valence-electron chi connectivity index (χ4n) is 3.18. The molecule has 2 atom stereocenters. The predicted molar refractivity (Wildman–Crippen MR) is 76.3 cm³/mol. The zero-order chi connectivity index (χ0) is 13.5. The summed E-state index contributed by atoms with van der Waals surface area (Å²) in [6.45, 7) is 2.18. The minimum atomic E-state index is -0.324. The van der Waals surface area contributed by atoms with Crippen molar-refractivity contribution in [1.29, 1.82) is 0 Å². The van der Waals surface area contributed by atoms with E-state index in [1.165, 1.54) is 9.75 Å². The molecule has 2 fully saturated rings. The highest BCUT2D eigenvalue weighted by atomic mass is 32.1. The Morgan fingerprint density at radius 2 is 2.21 bits per heavy atom. The number of aryl methyl sites for hydroxylation is 1. The molecule has 0 aliphatic heterocycles. The van der Waals surface area contributed by atoms with Gasteiger partial charge in [-0.2, -0.15) is 0 Å². The maximum atomic E-state index is 12.3. The van der Waals surface area contributed by atoms with Gasteiger partial charge in [-0.15, -0.1) is 11.3 Å². The summed E-state index contributed by atoms with van der Waals surface area (Å²) in [6, 6.07) is 4.27. The monoisotopic (exact) mass is 279 g/mol. The third kappa shape index (κ3) is 2.56. The van der Waals surface area contributed by atoms with Crippen molar-refractivity contribution in [1.82, 2.24) is 5.32 Å². The molecule has 1 aromatic rings. The Bertz CT molecular complexity index is 476. The number of hydrogen-bond acceptors (Lipinski definition) is 3. The van der Waals surface area contributed by atoms with Crippen LogP contribution in [0.25, 0.3) is 0 Å². The SMILES string of the molecule is Cc1ccc(C2CC2C(=O)NC2(CO)CCCC2)s1. The topological polar surface area (TPSA) is 49.3 Å². The number of thiophene rings is 1. The molecular weight excluding hydrogens is 258 g/mol. The fraction of sp³-hybridized carbons (Fsp3) is 0.667. The molecule has 1 amide bonds. The molecule has 2 N–H and O–H groups in total. The Hall–Kier alpha value is -0.870. The van der Waals surface area contributed by atoms with E-state index in [1.54, 1.807) is 11.3 Å². The summed E-state index contributed by atoms with van der Waals surface area (Å²) in [5.74, 6) is 0.685. The van der Waals surface area contributed by atoms with Gasteiger partial charge in [0.25, 0.3) is 0 Å². The smallest absolute Gasteiger partial charge is 0.224 e. The Morgan fingerprint density at radius 1 is 1.47 bits per heavy atom. The summed E-state index contributed by atoms with van der Waals surface area (Å²) in [5.41, 5.74) is -0.324. The molecule has 3 rings (SSSR count). The van der Waals surface area contributed by atoms with Crippen LogP contribution in [0.4, 0.5) is 0 Å². The molecule has 19 heavy (non-hydrogen) atoms. The molecule has 4 heteroatoms. The zero-order valence-electron chi connectivity index (χ0n) is 11.3. The normalized spacial score (nSPS) is 28.3. The van der Waals surface area contributed by atoms with Crippen LogP contribution in [-0.2, 0) is 4.79 Å². The standard InChI is InChI=1S/C15H21NO2S/c1-10-4-5-13(19-10)11-8-12(11)14(18)16-15(9-17)6-2-3-7-15/h4-5,11-12,17H,2-3,6-9H2,1H3,(H,16,18). The van der Waals surface area contributed by atoms with Crippen LogP contribution in [0.15, 0.2) is 12.1 Å². The molecule has 2 aliphatic rings. The van der Waals surface area contributed by atoms with E-state index in [0.29, 0.717) is 5.92 Å². The van der Waals surface area contributed by atoms with Gasteiger partial charge in [0.1, 0.15) is 0 Å². The molecule has 0 spiro atoms. The first-order valence-electron chi connectivity index (χ1n) is 7.13. The first-order valence-corrected chi connectivity index (χ1v) is 7.94. The Morgan fingerprint density at radius 3 is 2.79 bits per heavy atom. The third-order valence-electron chi connectivity index (χ3n) is 4.51. The van der Waals surface area contributed by atoms with E-state index in [0.717, 1.165) is 32.1 Å². The molecule has 104 valence electrons. The second-order valence-corrected chi connectivity index (χ2v) is 7.35. The van der Waals surface area contributed by atoms with Crippen LogP contribution in [0.5, 0.6) is 0 Å². The maximum Gasteiger partial charge on any atom is 0.224 e. The fourth-order valence-corrected chi connectivity index (χ4v) is 4.24. The van der Waals surface area contributed by atoms with Crippen LogP contribution in [0.1, 0.15) is 47.8 Å². The van der Waals surface area contributed by atoms with Gasteiger partial charge in [0, 0.05) is 21.6 Å². The second-order valence-electron chi connectivity index (χ2n) is 6.03. The molecule has 2 saturated carbocycles. The van der Waals surface area contributed by atoms with Gasteiger partial charge in [0.05, 0.1) is 12.1 Å². The number of amides is 1. The number of rotatable bonds is 4. The summed E-state index contributed by atoms with van der Waals surface area (Å²) in [4.78, 5) is 14.9. The van der Waals surface area contributed by atoms with Gasteiger partial charge in [-0.1, -0.05) is 12.8 Å². The van der Waals surface area contributed by atoms with Gasteiger partial charge >= 0.3 is 0 Å². The first-order chi connectivity index (χ1) is 9.13. The van der Waals surface area contributed by atoms with Crippen molar-refractivity contribution >= 4 is 17.2 Å². The molecule has 2 unspecified atom stereocenters. The zero-order valence-corrected chi connectivity index (χ0v) is 12.1. The quantitative estimate of drug-likeness (QED) is 0.890. The number of hydrogen-bond donors (Lipinski definition) is 2. The van der Waals surface area contributed by atoms with Crippen molar-refractivity contribution in [2.75, 3.05) is 6.61 Å². The van der Waals surface area contributed by atoms with Crippen molar-refractivity contribution < 1.29 is 9.90 Å². The lowest BCUT2D eigenvalue weighted by Gasteiger charge is -2.28. The van der Waals surface area contributed by atoms with Gasteiger partial charge in [-0.25, -0.2) is 0 Å². The lowest BCUT2D eigenvalue weighted by molar-refractivity contribution is -0.124. The van der Waals surface area contributed by atoms with Crippen LogP contribution in [-0.4, -0.2) is 23.2 Å². The Labute approximate surface area is 118 Å². The van der Waals surface area contributed by atoms with E-state index in [1.807, 2.05) is 0 Å². The van der Waals surface area contributed by atoms with E-state index in [4.69, 9.17) is 0 Å². The summed E-state index contributed by atoms with van der Waals surface area (Å²) in [5, 5.41) is 12.7. The Balaban J connectivity index is 1.60. The minimum absolute atomic E-state index is 0.0776. The highest BCUT2D eigenvalue weighted by molar-refractivity contribution is 7.12. The van der Waals surface area contributed by atoms with Crippen LogP contribution in [0.3, 0.4) is 0 Å². The number of aliphatic hydroxyl groups is 1. The van der Waals surface area contributed by atoms with Crippen LogP contribution in [0.2, 0.25) is 0 Å². The molecule has 1 heterocycles. The van der Waals surface area contributed by atoms with E-state index in [9.17, 15) is 9.90 Å². The van der Waals surface area contributed by atoms with Crippen molar-refractivity contribution in [3.63, 3.8) is 0 Å². The van der Waals surface area contributed by atoms with Crippen molar-refractivity contribution in [2.24, 2.45) is 5.92 Å². The number of nitrogens with one attached hydrogen (secondary N) is 1. The van der Waals surface area contributed by atoms with Crippen LogP contribution < -0.4 is 5.32 Å². The van der Waals surface area contributed by atoms with Gasteiger partial charge in [0.15, 0.2) is 0 Å². The molecule has 0 saturated heterocycles. The molecule has 0 aromatic carbocycles. The van der Waals surface area contributed by atoms with Crippen molar-refractivity contribution in [3.8, 4) is 0 Å². The van der Waals surface area contributed by atoms with Crippen molar-refractivity contribution in [3.05, 3.63) is 21.9 Å². The number of carbonyl (C=O) groups excluding carboxylic acids is 1. The molecular formula is C15H21NO2S. The molecule has 3 nitrogen and oxygen atoms in total. The second kappa shape index (κ2) is 4.91. The van der Waals surface area contributed by atoms with Crippen LogP contribution in [0, 0.1) is 12.8 Å². The van der Waals surface area contributed by atoms with Gasteiger partial charge in [0.2, 0.25) is 5.91 Å². The highest BCUT2D eigenvalue weighted by Crippen LogP contribution is 2.50. The Kier molecular flexibility index (Phi) is 3.39. The summed E-state index contributed by atoms with van der Waals surface area (Å²) < 4.78 is 0. The van der Waals surface area contributed by atoms with Crippen LogP contribution >= 0.6 is 11.3 Å². The van der Waals surface area contributed by atoms with E-state index < -0.39 is 0 Å². The minimum Gasteiger partial charge on any atom is -0.394 e. The first kappa shape index (κ1) is 13.1. The number of aliphatic hydroxyl groups excluding tert-OH is 1.